The first kappa shape index (κ1) is 22.3. The third kappa shape index (κ3) is 4.40. The number of ether oxygens (including phenoxy) is 1. The number of aryl methyl sites for hydroxylation is 2. The Hall–Kier alpha value is -3.85. The number of rotatable bonds is 5. The lowest BCUT2D eigenvalue weighted by Gasteiger charge is -2.20. The van der Waals surface area contributed by atoms with Crippen LogP contribution in [0, 0.1) is 19.7 Å². The number of benzene rings is 3. The van der Waals surface area contributed by atoms with Gasteiger partial charge in [-0.3, -0.25) is 4.31 Å². The Labute approximate surface area is 190 Å². The van der Waals surface area contributed by atoms with Crippen LogP contribution < -0.4 is 9.04 Å². The fraction of sp³-hybridized carbons (Fsp3) is 0.125. The monoisotopic (exact) mass is 465 g/mol. The highest BCUT2D eigenvalue weighted by molar-refractivity contribution is 7.92. The van der Waals surface area contributed by atoms with Crippen LogP contribution in [0.1, 0.15) is 21.7 Å². The Morgan fingerprint density at radius 3 is 2.21 bits per heavy atom. The molecule has 0 bridgehead atoms. The fourth-order valence-electron chi connectivity index (χ4n) is 3.19. The fourth-order valence-corrected chi connectivity index (χ4v) is 4.45. The number of fused-ring (bicyclic) bond motifs is 1. The number of halogens is 1. The first-order chi connectivity index (χ1) is 15.7. The van der Waals surface area contributed by atoms with Gasteiger partial charge in [0.05, 0.1) is 33.7 Å². The quantitative estimate of drug-likeness (QED) is 0.320. The number of anilines is 1. The molecule has 0 unspecified atom stereocenters. The summed E-state index contributed by atoms with van der Waals surface area (Å²) >= 11 is 0. The Bertz CT molecular complexity index is 1470. The van der Waals surface area contributed by atoms with Crippen LogP contribution in [0.3, 0.4) is 0 Å². The van der Waals surface area contributed by atoms with E-state index in [1.165, 1.54) is 49.5 Å². The first-order valence-electron chi connectivity index (χ1n) is 9.97. The molecule has 3 aromatic carbocycles. The van der Waals surface area contributed by atoms with Gasteiger partial charge in [0.15, 0.2) is 0 Å². The molecule has 7 nitrogen and oxygen atoms in total. The van der Waals surface area contributed by atoms with Gasteiger partial charge in [-0.25, -0.2) is 27.6 Å². The van der Waals surface area contributed by atoms with E-state index in [0.717, 1.165) is 21.8 Å². The van der Waals surface area contributed by atoms with Crippen LogP contribution in [0.25, 0.3) is 11.0 Å². The Morgan fingerprint density at radius 2 is 1.55 bits per heavy atom. The molecule has 0 fully saturated rings. The zero-order chi connectivity index (χ0) is 23.8. The summed E-state index contributed by atoms with van der Waals surface area (Å²) in [7, 11) is -2.77. The average molecular weight is 466 g/mol. The molecule has 0 radical (unpaired) electrons. The normalized spacial score (nSPS) is 11.4. The number of esters is 1. The maximum absolute atomic E-state index is 14.0. The molecule has 0 N–H and O–H groups in total. The molecule has 9 heteroatoms. The van der Waals surface area contributed by atoms with Crippen molar-refractivity contribution in [2.24, 2.45) is 0 Å². The van der Waals surface area contributed by atoms with Crippen LogP contribution in [0.15, 0.2) is 71.6 Å². The van der Waals surface area contributed by atoms with E-state index in [1.807, 2.05) is 13.8 Å². The van der Waals surface area contributed by atoms with Crippen molar-refractivity contribution in [1.29, 1.82) is 0 Å². The van der Waals surface area contributed by atoms with Crippen molar-refractivity contribution in [2.75, 3.05) is 11.4 Å². The van der Waals surface area contributed by atoms with Gasteiger partial charge < -0.3 is 4.74 Å². The van der Waals surface area contributed by atoms with E-state index < -0.39 is 26.7 Å². The van der Waals surface area contributed by atoms with Crippen LogP contribution in [0.5, 0.6) is 5.75 Å². The summed E-state index contributed by atoms with van der Waals surface area (Å²) < 4.78 is 45.9. The highest BCUT2D eigenvalue weighted by Gasteiger charge is 2.24. The number of carbonyl (C=O) groups is 1. The van der Waals surface area contributed by atoms with E-state index in [9.17, 15) is 17.6 Å². The van der Waals surface area contributed by atoms with E-state index in [0.29, 0.717) is 16.6 Å². The molecular weight excluding hydrogens is 445 g/mol. The second-order valence-electron chi connectivity index (χ2n) is 7.38. The highest BCUT2D eigenvalue weighted by Crippen LogP contribution is 2.26. The molecule has 0 saturated carbocycles. The lowest BCUT2D eigenvalue weighted by Crippen LogP contribution is -2.27. The van der Waals surface area contributed by atoms with Crippen LogP contribution in [-0.4, -0.2) is 31.4 Å². The van der Waals surface area contributed by atoms with Crippen molar-refractivity contribution in [3.63, 3.8) is 0 Å². The van der Waals surface area contributed by atoms with Gasteiger partial charge in [0.1, 0.15) is 16.5 Å². The number of hydrogen-bond donors (Lipinski definition) is 0. The minimum atomic E-state index is -4.09. The lowest BCUT2D eigenvalue weighted by atomic mass is 10.2. The summed E-state index contributed by atoms with van der Waals surface area (Å²) in [6, 6.07) is 16.0. The molecule has 0 aliphatic heterocycles. The third-order valence-corrected chi connectivity index (χ3v) is 7.02. The topological polar surface area (TPSA) is 89.5 Å². The summed E-state index contributed by atoms with van der Waals surface area (Å²) in [4.78, 5) is 21.1. The molecule has 0 saturated heterocycles. The first-order valence-corrected chi connectivity index (χ1v) is 11.4. The summed E-state index contributed by atoms with van der Waals surface area (Å²) in [5.41, 5.74) is 3.45. The minimum Gasteiger partial charge on any atom is -0.423 e. The maximum Gasteiger partial charge on any atom is 0.343 e. The molecule has 1 heterocycles. The van der Waals surface area contributed by atoms with Gasteiger partial charge in [-0.2, -0.15) is 0 Å². The standard InChI is InChI=1S/C24H20FN3O4S/c1-15-16(2)27-22-14-17(8-13-21(22)26-15)24(29)32-19-11-9-18(10-12-19)28(3)33(30,31)23-7-5-4-6-20(23)25/h4-14H,1-3H3. The average Bonchev–Trinajstić information content (AvgIpc) is 2.79. The van der Waals surface area contributed by atoms with Crippen LogP contribution in [-0.2, 0) is 10.0 Å². The zero-order valence-electron chi connectivity index (χ0n) is 18.1. The molecule has 1 aromatic heterocycles. The molecule has 168 valence electrons. The zero-order valence-corrected chi connectivity index (χ0v) is 18.9. The molecule has 4 rings (SSSR count). The van der Waals surface area contributed by atoms with Gasteiger partial charge in [-0.1, -0.05) is 12.1 Å². The summed E-state index contributed by atoms with van der Waals surface area (Å²) in [5.74, 6) is -1.19. The second kappa shape index (κ2) is 8.59. The van der Waals surface area contributed by atoms with Crippen molar-refractivity contribution in [3.8, 4) is 5.75 Å². The van der Waals surface area contributed by atoms with Crippen molar-refractivity contribution < 1.29 is 22.3 Å². The van der Waals surface area contributed by atoms with Crippen molar-refractivity contribution in [3.05, 3.63) is 89.5 Å². The molecule has 4 aromatic rings. The molecule has 0 amide bonds. The van der Waals surface area contributed by atoms with Gasteiger partial charge in [-0.15, -0.1) is 0 Å². The van der Waals surface area contributed by atoms with Crippen molar-refractivity contribution in [1.82, 2.24) is 9.97 Å². The summed E-state index contributed by atoms with van der Waals surface area (Å²) in [5, 5.41) is 0. The second-order valence-corrected chi connectivity index (χ2v) is 9.32. The van der Waals surface area contributed by atoms with Gasteiger partial charge in [-0.05, 0) is 68.4 Å². The number of carbonyl (C=O) groups excluding carboxylic acids is 1. The van der Waals surface area contributed by atoms with Crippen molar-refractivity contribution >= 4 is 32.7 Å². The van der Waals surface area contributed by atoms with Gasteiger partial charge >= 0.3 is 5.97 Å². The Kier molecular flexibility index (Phi) is 5.82. The Morgan fingerprint density at radius 1 is 0.909 bits per heavy atom. The number of hydrogen-bond acceptors (Lipinski definition) is 6. The predicted molar refractivity (Wildman–Crippen MR) is 122 cm³/mol. The number of aromatic nitrogens is 2. The molecular formula is C24H20FN3O4S. The molecule has 0 spiro atoms. The third-order valence-electron chi connectivity index (χ3n) is 5.20. The highest BCUT2D eigenvalue weighted by atomic mass is 32.2. The maximum atomic E-state index is 14.0. The summed E-state index contributed by atoms with van der Waals surface area (Å²) in [6.07, 6.45) is 0. The molecule has 0 aliphatic rings. The van der Waals surface area contributed by atoms with E-state index in [1.54, 1.807) is 18.2 Å². The largest absolute Gasteiger partial charge is 0.423 e. The van der Waals surface area contributed by atoms with Gasteiger partial charge in [0.25, 0.3) is 10.0 Å². The number of sulfonamides is 1. The van der Waals surface area contributed by atoms with E-state index in [2.05, 4.69) is 9.97 Å². The molecule has 0 atom stereocenters. The molecule has 33 heavy (non-hydrogen) atoms. The SMILES string of the molecule is Cc1nc2ccc(C(=O)Oc3ccc(N(C)S(=O)(=O)c4ccccc4F)cc3)cc2nc1C. The smallest absolute Gasteiger partial charge is 0.343 e. The Balaban J connectivity index is 1.53. The van der Waals surface area contributed by atoms with Crippen LogP contribution in [0.2, 0.25) is 0 Å². The van der Waals surface area contributed by atoms with E-state index >= 15 is 0 Å². The van der Waals surface area contributed by atoms with Crippen LogP contribution in [0.4, 0.5) is 10.1 Å². The summed E-state index contributed by atoms with van der Waals surface area (Å²) in [6.45, 7) is 3.71. The van der Waals surface area contributed by atoms with Crippen molar-refractivity contribution in [2.45, 2.75) is 18.7 Å². The van der Waals surface area contributed by atoms with Crippen LogP contribution >= 0.6 is 0 Å². The van der Waals surface area contributed by atoms with E-state index in [4.69, 9.17) is 4.74 Å². The predicted octanol–water partition coefficient (Wildman–Crippen LogP) is 4.43. The van der Waals surface area contributed by atoms with Gasteiger partial charge in [0.2, 0.25) is 0 Å². The minimum absolute atomic E-state index is 0.228. The molecule has 0 aliphatic carbocycles. The van der Waals surface area contributed by atoms with Gasteiger partial charge in [0, 0.05) is 7.05 Å². The van der Waals surface area contributed by atoms with E-state index in [-0.39, 0.29) is 11.4 Å². The lowest BCUT2D eigenvalue weighted by molar-refractivity contribution is 0.0735. The number of nitrogens with zero attached hydrogens (tertiary/aromatic N) is 3.